The summed E-state index contributed by atoms with van der Waals surface area (Å²) >= 11 is 1.26. The van der Waals surface area contributed by atoms with Crippen molar-refractivity contribution in [3.63, 3.8) is 0 Å². The molecule has 0 aliphatic rings. The highest BCUT2D eigenvalue weighted by Gasteiger charge is 2.13. The van der Waals surface area contributed by atoms with Crippen LogP contribution in [0.25, 0.3) is 0 Å². The predicted octanol–water partition coefficient (Wildman–Crippen LogP) is 2.47. The third-order valence-electron chi connectivity index (χ3n) is 2.67. The molecular weight excluding hydrogens is 280 g/mol. The Kier molecular flexibility index (Phi) is 4.41. The molecule has 1 aromatic heterocycles. The van der Waals surface area contributed by atoms with Crippen LogP contribution in [-0.2, 0) is 6.54 Å². The molecule has 0 spiro atoms. The van der Waals surface area contributed by atoms with Crippen molar-refractivity contribution < 1.29 is 19.4 Å². The maximum Gasteiger partial charge on any atom is 0.357 e. The lowest BCUT2D eigenvalue weighted by Gasteiger charge is -2.10. The normalized spacial score (nSPS) is 10.1. The molecule has 0 saturated carbocycles. The van der Waals surface area contributed by atoms with E-state index in [2.05, 4.69) is 10.3 Å². The lowest BCUT2D eigenvalue weighted by molar-refractivity contribution is 0.0692. The molecule has 1 heterocycles. The molecule has 0 bridgehead atoms. The smallest absolute Gasteiger partial charge is 0.357 e. The van der Waals surface area contributed by atoms with Crippen molar-refractivity contribution in [1.29, 1.82) is 0 Å². The fourth-order valence-corrected chi connectivity index (χ4v) is 2.37. The van der Waals surface area contributed by atoms with Crippen LogP contribution in [0.3, 0.4) is 0 Å². The van der Waals surface area contributed by atoms with Crippen LogP contribution >= 0.6 is 11.3 Å². The Labute approximate surface area is 120 Å². The van der Waals surface area contributed by atoms with E-state index in [-0.39, 0.29) is 5.69 Å². The average Bonchev–Trinajstić information content (AvgIpc) is 2.93. The molecule has 106 valence electrons. The first-order valence-electron chi connectivity index (χ1n) is 5.77. The standard InChI is InChI=1S/C13H14N2O4S/c1-18-9-4-3-8(5-10(9)19-2)6-14-12-11(13(16)17)15-7-20-12/h3-5,7,14H,6H2,1-2H3,(H,16,17). The molecule has 7 heteroatoms. The van der Waals surface area contributed by atoms with Crippen LogP contribution in [0, 0.1) is 0 Å². The molecule has 0 saturated heterocycles. The Morgan fingerprint density at radius 3 is 2.75 bits per heavy atom. The zero-order valence-electron chi connectivity index (χ0n) is 11.0. The van der Waals surface area contributed by atoms with Crippen LogP contribution in [0.2, 0.25) is 0 Å². The number of benzene rings is 1. The fourth-order valence-electron chi connectivity index (χ4n) is 1.70. The van der Waals surface area contributed by atoms with Gasteiger partial charge in [-0.2, -0.15) is 0 Å². The molecular formula is C13H14N2O4S. The van der Waals surface area contributed by atoms with Gasteiger partial charge in [0.2, 0.25) is 0 Å². The highest BCUT2D eigenvalue weighted by atomic mass is 32.1. The Morgan fingerprint density at radius 1 is 1.35 bits per heavy atom. The monoisotopic (exact) mass is 294 g/mol. The molecule has 0 atom stereocenters. The number of hydrogen-bond donors (Lipinski definition) is 2. The highest BCUT2D eigenvalue weighted by Crippen LogP contribution is 2.28. The molecule has 6 nitrogen and oxygen atoms in total. The second kappa shape index (κ2) is 6.25. The molecule has 2 aromatic rings. The number of ether oxygens (including phenoxy) is 2. The van der Waals surface area contributed by atoms with Gasteiger partial charge in [0.05, 0.1) is 19.7 Å². The number of carboxylic acid groups (broad SMARTS) is 1. The van der Waals surface area contributed by atoms with Gasteiger partial charge >= 0.3 is 5.97 Å². The van der Waals surface area contributed by atoms with Crippen molar-refractivity contribution >= 4 is 22.3 Å². The molecule has 2 N–H and O–H groups in total. The molecule has 0 aliphatic carbocycles. The van der Waals surface area contributed by atoms with E-state index in [4.69, 9.17) is 14.6 Å². The first kappa shape index (κ1) is 14.1. The summed E-state index contributed by atoms with van der Waals surface area (Å²) in [7, 11) is 3.15. The van der Waals surface area contributed by atoms with Gasteiger partial charge in [0, 0.05) is 6.54 Å². The first-order valence-corrected chi connectivity index (χ1v) is 6.65. The van der Waals surface area contributed by atoms with Gasteiger partial charge < -0.3 is 19.9 Å². The van der Waals surface area contributed by atoms with Crippen LogP contribution in [0.4, 0.5) is 5.00 Å². The second-order valence-corrected chi connectivity index (χ2v) is 4.73. The lowest BCUT2D eigenvalue weighted by Crippen LogP contribution is -2.05. The number of carboxylic acids is 1. The summed E-state index contributed by atoms with van der Waals surface area (Å²) in [5, 5.41) is 12.6. The van der Waals surface area contributed by atoms with Gasteiger partial charge in [-0.05, 0) is 17.7 Å². The van der Waals surface area contributed by atoms with Crippen molar-refractivity contribution in [1.82, 2.24) is 4.98 Å². The van der Waals surface area contributed by atoms with Gasteiger partial charge in [0.25, 0.3) is 0 Å². The summed E-state index contributed by atoms with van der Waals surface area (Å²) < 4.78 is 10.4. The predicted molar refractivity (Wildman–Crippen MR) is 75.9 cm³/mol. The molecule has 1 aromatic carbocycles. The number of methoxy groups -OCH3 is 2. The lowest BCUT2D eigenvalue weighted by atomic mass is 10.2. The second-order valence-electron chi connectivity index (χ2n) is 3.88. The third kappa shape index (κ3) is 3.00. The van der Waals surface area contributed by atoms with Crippen molar-refractivity contribution in [3.05, 3.63) is 35.0 Å². The number of anilines is 1. The number of thiazole rings is 1. The minimum atomic E-state index is -1.04. The van der Waals surface area contributed by atoms with Gasteiger partial charge in [-0.25, -0.2) is 9.78 Å². The van der Waals surface area contributed by atoms with Crippen molar-refractivity contribution in [2.75, 3.05) is 19.5 Å². The Bertz CT molecular complexity index is 612. The van der Waals surface area contributed by atoms with E-state index < -0.39 is 5.97 Å². The molecule has 0 amide bonds. The average molecular weight is 294 g/mol. The Hall–Kier alpha value is -2.28. The maximum atomic E-state index is 10.9. The van der Waals surface area contributed by atoms with Crippen LogP contribution in [0.1, 0.15) is 16.1 Å². The summed E-state index contributed by atoms with van der Waals surface area (Å²) in [6.45, 7) is 0.475. The van der Waals surface area contributed by atoms with Crippen molar-refractivity contribution in [3.8, 4) is 11.5 Å². The summed E-state index contributed by atoms with van der Waals surface area (Å²) in [5.41, 5.74) is 2.49. The molecule has 2 rings (SSSR count). The van der Waals surface area contributed by atoms with E-state index in [9.17, 15) is 4.79 Å². The Balaban J connectivity index is 2.11. The number of aromatic nitrogens is 1. The largest absolute Gasteiger partial charge is 0.493 e. The number of aromatic carboxylic acids is 1. The molecule has 0 aliphatic heterocycles. The first-order chi connectivity index (χ1) is 9.65. The van der Waals surface area contributed by atoms with E-state index in [0.29, 0.717) is 23.0 Å². The van der Waals surface area contributed by atoms with Crippen LogP contribution < -0.4 is 14.8 Å². The van der Waals surface area contributed by atoms with Gasteiger partial charge in [-0.3, -0.25) is 0 Å². The van der Waals surface area contributed by atoms with Crippen molar-refractivity contribution in [2.24, 2.45) is 0 Å². The van der Waals surface area contributed by atoms with E-state index in [1.807, 2.05) is 12.1 Å². The third-order valence-corrected chi connectivity index (χ3v) is 3.46. The van der Waals surface area contributed by atoms with Crippen LogP contribution in [0.15, 0.2) is 23.7 Å². The van der Waals surface area contributed by atoms with E-state index in [1.54, 1.807) is 20.3 Å². The number of carbonyl (C=O) groups is 1. The SMILES string of the molecule is COc1ccc(CNc2scnc2C(=O)O)cc1OC. The summed E-state index contributed by atoms with van der Waals surface area (Å²) in [5.74, 6) is 0.246. The van der Waals surface area contributed by atoms with Crippen molar-refractivity contribution in [2.45, 2.75) is 6.54 Å². The highest BCUT2D eigenvalue weighted by molar-refractivity contribution is 7.14. The van der Waals surface area contributed by atoms with Crippen LogP contribution in [0.5, 0.6) is 11.5 Å². The van der Waals surface area contributed by atoms with Gasteiger partial charge in [0.1, 0.15) is 5.00 Å². The summed E-state index contributed by atoms with van der Waals surface area (Å²) in [4.78, 5) is 14.7. The summed E-state index contributed by atoms with van der Waals surface area (Å²) in [6.07, 6.45) is 0. The quantitative estimate of drug-likeness (QED) is 0.852. The minimum absolute atomic E-state index is 0.0375. The summed E-state index contributed by atoms with van der Waals surface area (Å²) in [6, 6.07) is 5.53. The molecule has 20 heavy (non-hydrogen) atoms. The van der Waals surface area contributed by atoms with E-state index >= 15 is 0 Å². The topological polar surface area (TPSA) is 80.7 Å². The zero-order chi connectivity index (χ0) is 14.5. The maximum absolute atomic E-state index is 10.9. The van der Waals surface area contributed by atoms with Gasteiger partial charge in [-0.1, -0.05) is 6.07 Å². The minimum Gasteiger partial charge on any atom is -0.493 e. The molecule has 0 fully saturated rings. The number of rotatable bonds is 6. The van der Waals surface area contributed by atoms with Crippen LogP contribution in [-0.4, -0.2) is 30.3 Å². The van der Waals surface area contributed by atoms with Gasteiger partial charge in [0.15, 0.2) is 17.2 Å². The van der Waals surface area contributed by atoms with Gasteiger partial charge in [-0.15, -0.1) is 11.3 Å². The number of hydrogen-bond acceptors (Lipinski definition) is 6. The molecule has 0 unspecified atom stereocenters. The van der Waals surface area contributed by atoms with E-state index in [0.717, 1.165) is 5.56 Å². The number of nitrogens with zero attached hydrogens (tertiary/aromatic N) is 1. The Morgan fingerprint density at radius 2 is 2.10 bits per heavy atom. The fraction of sp³-hybridized carbons (Fsp3) is 0.231. The number of nitrogens with one attached hydrogen (secondary N) is 1. The van der Waals surface area contributed by atoms with E-state index in [1.165, 1.54) is 16.8 Å². The molecule has 0 radical (unpaired) electrons. The zero-order valence-corrected chi connectivity index (χ0v) is 11.9.